The van der Waals surface area contributed by atoms with E-state index in [1.54, 1.807) is 0 Å². The smallest absolute Gasteiger partial charge is 0.156 e. The molecule has 0 spiro atoms. The van der Waals surface area contributed by atoms with Crippen molar-refractivity contribution in [2.75, 3.05) is 0 Å². The van der Waals surface area contributed by atoms with E-state index in [1.165, 1.54) is 11.1 Å². The predicted molar refractivity (Wildman–Crippen MR) is 94.5 cm³/mol. The molecule has 112 valence electrons. The van der Waals surface area contributed by atoms with Crippen LogP contribution in [0.2, 0.25) is 0 Å². The quantitative estimate of drug-likeness (QED) is 0.543. The molecule has 0 aliphatic heterocycles. The monoisotopic (exact) mass is 337 g/mol. The second kappa shape index (κ2) is 7.35. The maximum Gasteiger partial charge on any atom is 0.156 e. The summed E-state index contributed by atoms with van der Waals surface area (Å²) in [6, 6.07) is 15.6. The predicted octanol–water partition coefficient (Wildman–Crippen LogP) is 5.04. The first kappa shape index (κ1) is 16.4. The Bertz CT molecular complexity index is 570. The molecule has 0 saturated heterocycles. The maximum atomic E-state index is 5.68. The highest BCUT2D eigenvalue weighted by Crippen LogP contribution is 2.46. The molecular weight excluding hydrogens is 319 g/mol. The second-order valence-corrected chi connectivity index (χ2v) is 9.46. The van der Waals surface area contributed by atoms with Crippen molar-refractivity contribution < 1.29 is 9.05 Å². The van der Waals surface area contributed by atoms with E-state index >= 15 is 0 Å². The summed E-state index contributed by atoms with van der Waals surface area (Å²) in [5.41, 5.74) is -0.274. The molecule has 0 heterocycles. The number of aryl methyl sites for hydroxylation is 2. The van der Waals surface area contributed by atoms with Gasteiger partial charge in [-0.25, -0.2) is 0 Å². The first-order valence-corrected chi connectivity index (χ1v) is 10.6. The highest BCUT2D eigenvalue weighted by Gasteiger charge is 2.06. The molecule has 5 heteroatoms. The van der Waals surface area contributed by atoms with Gasteiger partial charge in [0.15, 0.2) is 5.69 Å². The van der Waals surface area contributed by atoms with E-state index in [1.807, 2.05) is 48.5 Å². The highest BCUT2D eigenvalue weighted by molar-refractivity contribution is 8.51. The van der Waals surface area contributed by atoms with E-state index in [0.717, 1.165) is 12.8 Å². The molecule has 0 saturated carbocycles. The van der Waals surface area contributed by atoms with Crippen molar-refractivity contribution in [1.29, 1.82) is 0 Å². The Morgan fingerprint density at radius 2 is 1.14 bits per heavy atom. The summed E-state index contributed by atoms with van der Waals surface area (Å²) >= 11 is 10.6. The van der Waals surface area contributed by atoms with Crippen LogP contribution in [0.15, 0.2) is 48.5 Å². The highest BCUT2D eigenvalue weighted by atomic mass is 32.9. The number of benzene rings is 2. The summed E-state index contributed by atoms with van der Waals surface area (Å²) in [6.07, 6.45) is 1.98. The topological polar surface area (TPSA) is 18.5 Å². The zero-order valence-electron chi connectivity index (χ0n) is 12.1. The van der Waals surface area contributed by atoms with Crippen LogP contribution in [0, 0.1) is 0 Å². The number of rotatable bonds is 6. The van der Waals surface area contributed by atoms with Crippen molar-refractivity contribution in [3.8, 4) is 11.5 Å². The molecule has 2 aromatic carbocycles. The van der Waals surface area contributed by atoms with Gasteiger partial charge in [-0.15, -0.1) is 0 Å². The summed E-state index contributed by atoms with van der Waals surface area (Å²) in [5.74, 6) is 1.33. The molecule has 0 aromatic heterocycles. The Hall–Kier alpha value is -0.960. The van der Waals surface area contributed by atoms with E-state index in [-0.39, 0.29) is 0 Å². The van der Waals surface area contributed by atoms with Crippen LogP contribution in [0.3, 0.4) is 0 Å². The SMILES string of the molecule is CCc1ccc(OP(=S)([S-])Oc2ccc(CC)cc2)cc1. The van der Waals surface area contributed by atoms with Crippen LogP contribution in [-0.4, -0.2) is 0 Å². The zero-order chi connectivity index (χ0) is 15.3. The molecule has 21 heavy (non-hydrogen) atoms. The Balaban J connectivity index is 2.04. The molecule has 0 aliphatic rings. The van der Waals surface area contributed by atoms with Crippen LogP contribution in [0.5, 0.6) is 11.5 Å². The minimum atomic E-state index is -2.77. The summed E-state index contributed by atoms with van der Waals surface area (Å²) in [5, 5.41) is 0. The van der Waals surface area contributed by atoms with Crippen molar-refractivity contribution in [2.24, 2.45) is 0 Å². The Kier molecular flexibility index (Phi) is 5.74. The molecule has 0 radical (unpaired) electrons. The number of hydrogen-bond acceptors (Lipinski definition) is 4. The van der Waals surface area contributed by atoms with Crippen molar-refractivity contribution in [3.05, 3.63) is 59.7 Å². The van der Waals surface area contributed by atoms with E-state index < -0.39 is 5.69 Å². The molecule has 2 nitrogen and oxygen atoms in total. The number of hydrogen-bond donors (Lipinski definition) is 0. The van der Waals surface area contributed by atoms with Gasteiger partial charge in [-0.05, 0) is 60.0 Å². The van der Waals surface area contributed by atoms with Crippen LogP contribution in [0.25, 0.3) is 0 Å². The summed E-state index contributed by atoms with van der Waals surface area (Å²) in [4.78, 5) is 0. The van der Waals surface area contributed by atoms with Gasteiger partial charge in [0.1, 0.15) is 11.5 Å². The van der Waals surface area contributed by atoms with Crippen molar-refractivity contribution >= 4 is 29.7 Å². The van der Waals surface area contributed by atoms with E-state index in [2.05, 4.69) is 13.8 Å². The molecule has 0 atom stereocenters. The van der Waals surface area contributed by atoms with Crippen LogP contribution in [0.1, 0.15) is 25.0 Å². The summed E-state index contributed by atoms with van der Waals surface area (Å²) < 4.78 is 11.4. The fourth-order valence-electron chi connectivity index (χ4n) is 1.85. The van der Waals surface area contributed by atoms with Gasteiger partial charge in [0.05, 0.1) is 0 Å². The molecular formula is C16H18O2PS2-. The van der Waals surface area contributed by atoms with Gasteiger partial charge in [0.25, 0.3) is 0 Å². The van der Waals surface area contributed by atoms with Gasteiger partial charge >= 0.3 is 0 Å². The lowest BCUT2D eigenvalue weighted by molar-refractivity contribution is 0.506. The molecule has 0 N–H and O–H groups in total. The molecule has 2 aromatic rings. The lowest BCUT2D eigenvalue weighted by Gasteiger charge is -2.29. The van der Waals surface area contributed by atoms with E-state index in [9.17, 15) is 0 Å². The van der Waals surface area contributed by atoms with Crippen LogP contribution < -0.4 is 9.05 Å². The van der Waals surface area contributed by atoms with Gasteiger partial charge < -0.3 is 21.3 Å². The Morgan fingerprint density at radius 3 is 1.43 bits per heavy atom. The molecule has 0 amide bonds. The van der Waals surface area contributed by atoms with Crippen molar-refractivity contribution in [2.45, 2.75) is 26.7 Å². The third-order valence-electron chi connectivity index (χ3n) is 3.10. The Labute approximate surface area is 136 Å². The minimum absolute atomic E-state index is 0.663. The van der Waals surface area contributed by atoms with Gasteiger partial charge in [-0.1, -0.05) is 38.1 Å². The lowest BCUT2D eigenvalue weighted by atomic mass is 10.2. The fraction of sp³-hybridized carbons (Fsp3) is 0.250. The molecule has 2 rings (SSSR count). The summed E-state index contributed by atoms with van der Waals surface area (Å²) in [6.45, 7) is 4.22. The first-order chi connectivity index (χ1) is 10.0. The standard InChI is InChI=1S/C16H19O2PS2/c1-3-13-5-9-15(10-6-13)17-19(20,21)18-16-11-7-14(4-2)8-12-16/h5-12H,3-4H2,1-2H3,(H,20,21)/p-1. The molecule has 0 bridgehead atoms. The zero-order valence-corrected chi connectivity index (χ0v) is 14.6. The van der Waals surface area contributed by atoms with Crippen molar-refractivity contribution in [3.63, 3.8) is 0 Å². The van der Waals surface area contributed by atoms with E-state index in [4.69, 9.17) is 33.1 Å². The average Bonchev–Trinajstić information content (AvgIpc) is 2.48. The Morgan fingerprint density at radius 1 is 0.810 bits per heavy atom. The normalized spacial score (nSPS) is 11.2. The largest absolute Gasteiger partial charge is 0.665 e. The first-order valence-electron chi connectivity index (χ1n) is 6.90. The van der Waals surface area contributed by atoms with Gasteiger partial charge in [-0.2, -0.15) is 0 Å². The average molecular weight is 337 g/mol. The third-order valence-corrected chi connectivity index (χ3v) is 4.86. The third kappa shape index (κ3) is 5.06. The van der Waals surface area contributed by atoms with E-state index in [0.29, 0.717) is 11.5 Å². The van der Waals surface area contributed by atoms with Crippen LogP contribution in [0.4, 0.5) is 0 Å². The molecule has 0 unspecified atom stereocenters. The van der Waals surface area contributed by atoms with Gasteiger partial charge in [0, 0.05) is 0 Å². The fourth-order valence-corrected chi connectivity index (χ4v) is 3.68. The minimum Gasteiger partial charge on any atom is -0.665 e. The van der Waals surface area contributed by atoms with Gasteiger partial charge in [-0.3, -0.25) is 0 Å². The second-order valence-electron chi connectivity index (χ2n) is 4.62. The van der Waals surface area contributed by atoms with Crippen LogP contribution in [-0.2, 0) is 36.9 Å². The van der Waals surface area contributed by atoms with Crippen LogP contribution >= 0.6 is 5.69 Å². The van der Waals surface area contributed by atoms with Crippen molar-refractivity contribution in [1.82, 2.24) is 0 Å². The molecule has 0 aliphatic carbocycles. The lowest BCUT2D eigenvalue weighted by Crippen LogP contribution is -1.98. The molecule has 0 fully saturated rings. The maximum absolute atomic E-state index is 5.68. The summed E-state index contributed by atoms with van der Waals surface area (Å²) in [7, 11) is 0. The van der Waals surface area contributed by atoms with Gasteiger partial charge in [0.2, 0.25) is 0 Å².